The van der Waals surface area contributed by atoms with Gasteiger partial charge in [0.1, 0.15) is 0 Å². The highest BCUT2D eigenvalue weighted by Gasteiger charge is 2.02. The summed E-state index contributed by atoms with van der Waals surface area (Å²) in [6, 6.07) is 8.42. The number of aryl methyl sites for hydroxylation is 1. The van der Waals surface area contributed by atoms with Gasteiger partial charge in [0.25, 0.3) is 0 Å². The third-order valence-electron chi connectivity index (χ3n) is 2.49. The van der Waals surface area contributed by atoms with Crippen LogP contribution in [0.1, 0.15) is 43.9 Å². The van der Waals surface area contributed by atoms with Gasteiger partial charge in [-0.2, -0.15) is 5.48 Å². The van der Waals surface area contributed by atoms with E-state index in [-0.39, 0.29) is 6.04 Å². The molecule has 2 nitrogen and oxygen atoms in total. The molecule has 1 aromatic carbocycles. The Hall–Kier alpha value is -0.860. The van der Waals surface area contributed by atoms with Crippen LogP contribution in [0.2, 0.25) is 0 Å². The average Bonchev–Trinajstić information content (AvgIpc) is 2.26. The first-order valence-corrected chi connectivity index (χ1v) is 5.26. The van der Waals surface area contributed by atoms with Crippen LogP contribution in [0.25, 0.3) is 0 Å². The summed E-state index contributed by atoms with van der Waals surface area (Å²) in [6.07, 6.45) is 3.63. The van der Waals surface area contributed by atoms with Gasteiger partial charge in [0, 0.05) is 0 Å². The van der Waals surface area contributed by atoms with E-state index < -0.39 is 0 Å². The Balaban J connectivity index is 2.59. The van der Waals surface area contributed by atoms with E-state index in [4.69, 9.17) is 5.21 Å². The molecular weight excluding hydrogens is 174 g/mol. The van der Waals surface area contributed by atoms with Crippen LogP contribution in [-0.4, -0.2) is 5.21 Å². The zero-order chi connectivity index (χ0) is 10.4. The first-order valence-electron chi connectivity index (χ1n) is 5.26. The lowest BCUT2D eigenvalue weighted by molar-refractivity contribution is 0.133. The third-order valence-corrected chi connectivity index (χ3v) is 2.49. The Labute approximate surface area is 85.9 Å². The maximum Gasteiger partial charge on any atom is 0.0540 e. The number of benzene rings is 1. The van der Waals surface area contributed by atoms with E-state index in [0.717, 1.165) is 12.0 Å². The largest absolute Gasteiger partial charge is 0.316 e. The summed E-state index contributed by atoms with van der Waals surface area (Å²) in [5, 5.41) is 8.75. The van der Waals surface area contributed by atoms with Crippen molar-refractivity contribution < 1.29 is 5.21 Å². The van der Waals surface area contributed by atoms with Crippen molar-refractivity contribution >= 4 is 0 Å². The van der Waals surface area contributed by atoms with E-state index in [0.29, 0.717) is 0 Å². The summed E-state index contributed by atoms with van der Waals surface area (Å²) in [6.45, 7) is 4.13. The topological polar surface area (TPSA) is 32.3 Å². The maximum atomic E-state index is 8.75. The highest BCUT2D eigenvalue weighted by atomic mass is 16.5. The molecule has 1 aromatic rings. The lowest BCUT2D eigenvalue weighted by Gasteiger charge is -2.09. The summed E-state index contributed by atoms with van der Waals surface area (Å²) in [7, 11) is 0. The Morgan fingerprint density at radius 2 is 1.93 bits per heavy atom. The molecule has 0 spiro atoms. The number of rotatable bonds is 5. The molecule has 0 heterocycles. The van der Waals surface area contributed by atoms with Crippen molar-refractivity contribution in [2.24, 2.45) is 0 Å². The van der Waals surface area contributed by atoms with Crippen molar-refractivity contribution in [3.05, 3.63) is 35.4 Å². The van der Waals surface area contributed by atoms with E-state index in [1.807, 2.05) is 6.92 Å². The van der Waals surface area contributed by atoms with Gasteiger partial charge in [0.2, 0.25) is 0 Å². The van der Waals surface area contributed by atoms with Gasteiger partial charge in [-0.05, 0) is 30.9 Å². The molecule has 1 atom stereocenters. The predicted molar refractivity (Wildman–Crippen MR) is 58.4 cm³/mol. The summed E-state index contributed by atoms with van der Waals surface area (Å²) in [5.41, 5.74) is 4.74. The third kappa shape index (κ3) is 3.13. The Morgan fingerprint density at radius 1 is 1.29 bits per heavy atom. The van der Waals surface area contributed by atoms with Crippen molar-refractivity contribution in [1.82, 2.24) is 5.48 Å². The summed E-state index contributed by atoms with van der Waals surface area (Å²) >= 11 is 0. The van der Waals surface area contributed by atoms with Crippen LogP contribution >= 0.6 is 0 Å². The summed E-state index contributed by atoms with van der Waals surface area (Å²) in [5.74, 6) is 0. The molecule has 0 aliphatic rings. The van der Waals surface area contributed by atoms with Crippen molar-refractivity contribution in [1.29, 1.82) is 0 Å². The highest BCUT2D eigenvalue weighted by molar-refractivity contribution is 5.24. The van der Waals surface area contributed by atoms with Crippen molar-refractivity contribution in [2.75, 3.05) is 0 Å². The Kier molecular flexibility index (Phi) is 4.63. The van der Waals surface area contributed by atoms with Crippen molar-refractivity contribution in [3.63, 3.8) is 0 Å². The van der Waals surface area contributed by atoms with Crippen LogP contribution in [0.3, 0.4) is 0 Å². The first kappa shape index (κ1) is 11.2. The van der Waals surface area contributed by atoms with E-state index in [1.165, 1.54) is 18.4 Å². The van der Waals surface area contributed by atoms with Gasteiger partial charge in [-0.3, -0.25) is 0 Å². The van der Waals surface area contributed by atoms with E-state index >= 15 is 0 Å². The molecule has 0 amide bonds. The summed E-state index contributed by atoms with van der Waals surface area (Å²) in [4.78, 5) is 0. The molecule has 0 fully saturated rings. The van der Waals surface area contributed by atoms with Crippen LogP contribution in [0.5, 0.6) is 0 Å². The number of hydrogen-bond donors (Lipinski definition) is 2. The predicted octanol–water partition coefficient (Wildman–Crippen LogP) is 3.07. The molecule has 0 aliphatic heterocycles. The maximum absolute atomic E-state index is 8.75. The average molecular weight is 193 g/mol. The van der Waals surface area contributed by atoms with Gasteiger partial charge in [-0.1, -0.05) is 37.6 Å². The minimum atomic E-state index is 0.00947. The Bertz CT molecular complexity index is 256. The van der Waals surface area contributed by atoms with Gasteiger partial charge in [-0.25, -0.2) is 0 Å². The molecule has 2 heteroatoms. The zero-order valence-corrected chi connectivity index (χ0v) is 8.96. The van der Waals surface area contributed by atoms with Gasteiger partial charge < -0.3 is 5.21 Å². The SMILES string of the molecule is CCCCc1ccc(C(C)NO)cc1. The van der Waals surface area contributed by atoms with Gasteiger partial charge in [0.15, 0.2) is 0 Å². The standard InChI is InChI=1S/C12H19NO/c1-3-4-5-11-6-8-12(9-7-11)10(2)13-14/h6-10,13-14H,3-5H2,1-2H3. The number of nitrogens with one attached hydrogen (secondary N) is 1. The molecule has 0 saturated carbocycles. The van der Waals surface area contributed by atoms with Crippen LogP contribution in [0, 0.1) is 0 Å². The fraction of sp³-hybridized carbons (Fsp3) is 0.500. The molecule has 1 rings (SSSR count). The number of hydrogen-bond acceptors (Lipinski definition) is 2. The quantitative estimate of drug-likeness (QED) is 0.704. The van der Waals surface area contributed by atoms with Crippen LogP contribution in [0.15, 0.2) is 24.3 Å². The van der Waals surface area contributed by atoms with E-state index in [2.05, 4.69) is 36.7 Å². The van der Waals surface area contributed by atoms with Gasteiger partial charge >= 0.3 is 0 Å². The fourth-order valence-electron chi connectivity index (χ4n) is 1.43. The molecule has 78 valence electrons. The Morgan fingerprint density at radius 3 is 2.43 bits per heavy atom. The number of unbranched alkanes of at least 4 members (excludes halogenated alkanes) is 1. The minimum absolute atomic E-state index is 0.00947. The van der Waals surface area contributed by atoms with Crippen LogP contribution in [-0.2, 0) is 6.42 Å². The highest BCUT2D eigenvalue weighted by Crippen LogP contribution is 2.13. The summed E-state index contributed by atoms with van der Waals surface area (Å²) < 4.78 is 0. The first-order chi connectivity index (χ1) is 6.77. The molecule has 0 saturated heterocycles. The molecule has 14 heavy (non-hydrogen) atoms. The van der Waals surface area contributed by atoms with E-state index in [9.17, 15) is 0 Å². The van der Waals surface area contributed by atoms with Gasteiger partial charge in [0.05, 0.1) is 6.04 Å². The lowest BCUT2D eigenvalue weighted by atomic mass is 10.0. The van der Waals surface area contributed by atoms with Crippen LogP contribution < -0.4 is 5.48 Å². The fourth-order valence-corrected chi connectivity index (χ4v) is 1.43. The molecule has 0 aromatic heterocycles. The molecule has 0 aliphatic carbocycles. The van der Waals surface area contributed by atoms with Crippen LogP contribution in [0.4, 0.5) is 0 Å². The van der Waals surface area contributed by atoms with Gasteiger partial charge in [-0.15, -0.1) is 0 Å². The monoisotopic (exact) mass is 193 g/mol. The molecule has 0 radical (unpaired) electrons. The minimum Gasteiger partial charge on any atom is -0.316 e. The second-order valence-electron chi connectivity index (χ2n) is 3.70. The molecular formula is C12H19NO. The van der Waals surface area contributed by atoms with Crippen molar-refractivity contribution in [3.8, 4) is 0 Å². The molecule has 1 unspecified atom stereocenters. The van der Waals surface area contributed by atoms with Crippen molar-refractivity contribution in [2.45, 2.75) is 39.2 Å². The second-order valence-corrected chi connectivity index (χ2v) is 3.70. The lowest BCUT2D eigenvalue weighted by Crippen LogP contribution is -2.12. The smallest absolute Gasteiger partial charge is 0.0540 e. The number of hydroxylamine groups is 1. The van der Waals surface area contributed by atoms with E-state index in [1.54, 1.807) is 0 Å². The molecule has 0 bridgehead atoms. The second kappa shape index (κ2) is 5.78. The normalized spacial score (nSPS) is 12.8. The zero-order valence-electron chi connectivity index (χ0n) is 8.96. The molecule has 2 N–H and O–H groups in total.